The molecular formula is C35H44FN3O2. The minimum absolute atomic E-state index is 0.0537. The van der Waals surface area contributed by atoms with Crippen LogP contribution < -0.4 is 5.32 Å². The van der Waals surface area contributed by atoms with Gasteiger partial charge in [-0.25, -0.2) is 4.39 Å². The van der Waals surface area contributed by atoms with Gasteiger partial charge < -0.3 is 10.2 Å². The molecule has 0 bridgehead atoms. The molecular weight excluding hydrogens is 513 g/mol. The number of amides is 2. The molecule has 0 saturated carbocycles. The van der Waals surface area contributed by atoms with Crippen molar-refractivity contribution in [1.82, 2.24) is 9.80 Å². The number of hydrogen-bond acceptors (Lipinski definition) is 3. The van der Waals surface area contributed by atoms with Gasteiger partial charge in [-0.1, -0.05) is 83.1 Å². The van der Waals surface area contributed by atoms with Crippen molar-refractivity contribution in [1.29, 1.82) is 0 Å². The molecule has 1 heterocycles. The number of piperidine rings is 1. The molecule has 1 N–H and O–H groups in total. The van der Waals surface area contributed by atoms with Crippen LogP contribution in [-0.2, 0) is 16.8 Å². The zero-order chi connectivity index (χ0) is 29.7. The van der Waals surface area contributed by atoms with Crippen LogP contribution in [0.5, 0.6) is 0 Å². The average Bonchev–Trinajstić information content (AvgIpc) is 2.95. The quantitative estimate of drug-likeness (QED) is 0.312. The molecule has 2 atom stereocenters. The molecule has 1 saturated heterocycles. The fraction of sp³-hybridized carbons (Fsp3) is 0.429. The van der Waals surface area contributed by atoms with Gasteiger partial charge in [0.15, 0.2) is 0 Å². The number of rotatable bonds is 8. The second kappa shape index (κ2) is 13.0. The summed E-state index contributed by atoms with van der Waals surface area (Å²) < 4.78 is 15.0. The maximum absolute atomic E-state index is 15.0. The summed E-state index contributed by atoms with van der Waals surface area (Å²) in [4.78, 5) is 31.9. The standard InChI is InChI=1S/C35H44FN3O2/c1-7-38(8-2)23-25-17-19-26(20-18-25)32-29(33(40)37-28-14-10-13-27(22-28)35(4,5)6)15-11-21-39(32)34(41)31-24(3)12-9-16-30(31)36/h9-10,12-14,16-20,22,29,32H,7-8,11,15,21,23H2,1-6H3,(H,37,40)/t29?,32-/m0/s1. The Morgan fingerprint density at radius 1 is 1.00 bits per heavy atom. The van der Waals surface area contributed by atoms with E-state index < -0.39 is 17.8 Å². The second-order valence-corrected chi connectivity index (χ2v) is 12.1. The number of carbonyl (C=O) groups excluding carboxylic acids is 2. The summed E-state index contributed by atoms with van der Waals surface area (Å²) in [7, 11) is 0. The van der Waals surface area contributed by atoms with Crippen LogP contribution in [-0.4, -0.2) is 41.2 Å². The van der Waals surface area contributed by atoms with Gasteiger partial charge >= 0.3 is 0 Å². The van der Waals surface area contributed by atoms with E-state index in [1.54, 1.807) is 24.0 Å². The van der Waals surface area contributed by atoms with Gasteiger partial charge in [0.05, 0.1) is 17.5 Å². The first-order valence-corrected chi connectivity index (χ1v) is 14.8. The first kappa shape index (κ1) is 30.4. The Morgan fingerprint density at radius 2 is 1.68 bits per heavy atom. The van der Waals surface area contributed by atoms with Gasteiger partial charge in [-0.3, -0.25) is 14.5 Å². The molecule has 1 aliphatic rings. The monoisotopic (exact) mass is 557 g/mol. The molecule has 5 nitrogen and oxygen atoms in total. The third-order valence-corrected chi connectivity index (χ3v) is 8.28. The van der Waals surface area contributed by atoms with Crippen molar-refractivity contribution in [2.75, 3.05) is 25.0 Å². The molecule has 0 aliphatic carbocycles. The van der Waals surface area contributed by atoms with Gasteiger partial charge in [-0.05, 0) is 78.7 Å². The van der Waals surface area contributed by atoms with Crippen LogP contribution in [0.2, 0.25) is 0 Å². The Kier molecular flexibility index (Phi) is 9.64. The predicted octanol–water partition coefficient (Wildman–Crippen LogP) is 7.51. The zero-order valence-electron chi connectivity index (χ0n) is 25.3. The summed E-state index contributed by atoms with van der Waals surface area (Å²) >= 11 is 0. The van der Waals surface area contributed by atoms with Crippen LogP contribution in [0.4, 0.5) is 10.1 Å². The van der Waals surface area contributed by atoms with Crippen molar-refractivity contribution < 1.29 is 14.0 Å². The van der Waals surface area contributed by atoms with Crippen LogP contribution >= 0.6 is 0 Å². The minimum atomic E-state index is -0.533. The highest BCUT2D eigenvalue weighted by Gasteiger charge is 2.40. The molecule has 218 valence electrons. The van der Waals surface area contributed by atoms with Crippen LogP contribution in [0.15, 0.2) is 66.7 Å². The molecule has 0 spiro atoms. The molecule has 3 aromatic carbocycles. The highest BCUT2D eigenvalue weighted by Crippen LogP contribution is 2.39. The first-order valence-electron chi connectivity index (χ1n) is 14.8. The van der Waals surface area contributed by atoms with Crippen molar-refractivity contribution in [2.24, 2.45) is 5.92 Å². The van der Waals surface area contributed by atoms with Gasteiger partial charge in [-0.2, -0.15) is 0 Å². The van der Waals surface area contributed by atoms with Gasteiger partial charge in [0.1, 0.15) is 5.82 Å². The molecule has 4 rings (SSSR count). The molecule has 41 heavy (non-hydrogen) atoms. The number of anilines is 1. The fourth-order valence-electron chi connectivity index (χ4n) is 5.78. The van der Waals surface area contributed by atoms with Gasteiger partial charge in [-0.15, -0.1) is 0 Å². The van der Waals surface area contributed by atoms with E-state index in [-0.39, 0.29) is 22.8 Å². The van der Waals surface area contributed by atoms with Crippen LogP contribution in [0, 0.1) is 18.7 Å². The highest BCUT2D eigenvalue weighted by molar-refractivity contribution is 5.98. The Bertz CT molecular complexity index is 1340. The number of carbonyl (C=O) groups is 2. The van der Waals surface area contributed by atoms with E-state index >= 15 is 0 Å². The van der Waals surface area contributed by atoms with Gasteiger partial charge in [0.2, 0.25) is 5.91 Å². The van der Waals surface area contributed by atoms with Crippen molar-refractivity contribution in [2.45, 2.75) is 72.4 Å². The lowest BCUT2D eigenvalue weighted by molar-refractivity contribution is -0.123. The van der Waals surface area contributed by atoms with Crippen molar-refractivity contribution in [3.8, 4) is 0 Å². The van der Waals surface area contributed by atoms with E-state index in [9.17, 15) is 14.0 Å². The summed E-state index contributed by atoms with van der Waals surface area (Å²) in [6.45, 7) is 15.7. The summed E-state index contributed by atoms with van der Waals surface area (Å²) in [5.74, 6) is -1.51. The Hall–Kier alpha value is -3.51. The molecule has 0 aromatic heterocycles. The smallest absolute Gasteiger partial charge is 0.257 e. The number of aryl methyl sites for hydroxylation is 1. The van der Waals surface area contributed by atoms with Crippen LogP contribution in [0.1, 0.15) is 86.1 Å². The Morgan fingerprint density at radius 3 is 2.32 bits per heavy atom. The number of likely N-dealkylation sites (tertiary alicyclic amines) is 1. The normalized spacial score (nSPS) is 17.5. The zero-order valence-corrected chi connectivity index (χ0v) is 25.3. The average molecular weight is 558 g/mol. The molecule has 1 aliphatic heterocycles. The molecule has 3 aromatic rings. The summed E-state index contributed by atoms with van der Waals surface area (Å²) in [5.41, 5.74) is 4.55. The molecule has 1 fully saturated rings. The maximum atomic E-state index is 15.0. The first-order chi connectivity index (χ1) is 19.5. The number of hydrogen-bond donors (Lipinski definition) is 1. The molecule has 2 amide bonds. The van der Waals surface area contributed by atoms with Crippen LogP contribution in [0.3, 0.4) is 0 Å². The summed E-state index contributed by atoms with van der Waals surface area (Å²) in [6.07, 6.45) is 1.30. The summed E-state index contributed by atoms with van der Waals surface area (Å²) in [6, 6.07) is 20.4. The lowest BCUT2D eigenvalue weighted by Gasteiger charge is -2.41. The van der Waals surface area contributed by atoms with E-state index in [0.29, 0.717) is 24.9 Å². The summed E-state index contributed by atoms with van der Waals surface area (Å²) in [5, 5.41) is 3.14. The maximum Gasteiger partial charge on any atom is 0.257 e. The molecule has 6 heteroatoms. The fourth-order valence-corrected chi connectivity index (χ4v) is 5.78. The lowest BCUT2D eigenvalue weighted by Crippen LogP contribution is -2.46. The van der Waals surface area contributed by atoms with Gasteiger partial charge in [0.25, 0.3) is 5.91 Å². The van der Waals surface area contributed by atoms with Gasteiger partial charge in [0, 0.05) is 18.8 Å². The van der Waals surface area contributed by atoms with E-state index in [1.165, 1.54) is 11.6 Å². The minimum Gasteiger partial charge on any atom is -0.331 e. The molecule has 1 unspecified atom stereocenters. The Balaban J connectivity index is 1.70. The van der Waals surface area contributed by atoms with E-state index in [2.05, 4.69) is 63.0 Å². The van der Waals surface area contributed by atoms with Crippen LogP contribution in [0.25, 0.3) is 0 Å². The number of nitrogens with zero attached hydrogens (tertiary/aromatic N) is 2. The topological polar surface area (TPSA) is 52.7 Å². The third kappa shape index (κ3) is 7.05. The largest absolute Gasteiger partial charge is 0.331 e. The van der Waals surface area contributed by atoms with E-state index in [0.717, 1.165) is 36.4 Å². The third-order valence-electron chi connectivity index (χ3n) is 8.28. The van der Waals surface area contributed by atoms with E-state index in [1.807, 2.05) is 30.3 Å². The van der Waals surface area contributed by atoms with Crippen molar-refractivity contribution in [3.63, 3.8) is 0 Å². The van der Waals surface area contributed by atoms with Crippen molar-refractivity contribution in [3.05, 3.63) is 100 Å². The second-order valence-electron chi connectivity index (χ2n) is 12.1. The Labute approximate surface area is 244 Å². The molecule has 0 radical (unpaired) electrons. The number of benzene rings is 3. The predicted molar refractivity (Wildman–Crippen MR) is 164 cm³/mol. The lowest BCUT2D eigenvalue weighted by atomic mass is 9.82. The SMILES string of the molecule is CCN(CC)Cc1ccc([C@H]2C(C(=O)Nc3cccc(C(C)(C)C)c3)CCCN2C(=O)c2c(C)cccc2F)cc1. The van der Waals surface area contributed by atoms with E-state index in [4.69, 9.17) is 0 Å². The highest BCUT2D eigenvalue weighted by atomic mass is 19.1. The number of halogens is 1. The number of nitrogens with one attached hydrogen (secondary N) is 1. The van der Waals surface area contributed by atoms with Crippen molar-refractivity contribution >= 4 is 17.5 Å².